The summed E-state index contributed by atoms with van der Waals surface area (Å²) >= 11 is 12.2. The Labute approximate surface area is 645 Å². The number of esters is 1. The van der Waals surface area contributed by atoms with Crippen LogP contribution in [0.3, 0.4) is 0 Å². The second-order valence-corrected chi connectivity index (χ2v) is 32.3. The van der Waals surface area contributed by atoms with Crippen molar-refractivity contribution in [2.75, 3.05) is 60.7 Å². The quantitative estimate of drug-likeness (QED) is 0.0159. The van der Waals surface area contributed by atoms with Crippen LogP contribution in [0.1, 0.15) is 108 Å². The van der Waals surface area contributed by atoms with Gasteiger partial charge in [-0.2, -0.15) is 0 Å². The minimum atomic E-state index is -1.03. The smallest absolute Gasteiger partial charge is 0.359 e. The lowest BCUT2D eigenvalue weighted by molar-refractivity contribution is 0.0516. The highest BCUT2D eigenvalue weighted by molar-refractivity contribution is 8.01. The number of thioether (sulfide) groups is 4. The predicted octanol–water partition coefficient (Wildman–Crippen LogP) is 18.6. The normalized spacial score (nSPS) is 12.3. The van der Waals surface area contributed by atoms with Crippen LogP contribution in [0.4, 0.5) is 40.6 Å². The number of aromatic carboxylic acids is 1. The molecule has 0 amide bonds. The van der Waals surface area contributed by atoms with Crippen LogP contribution >= 0.6 is 92.4 Å². The molecule has 1 saturated heterocycles. The number of nitrogens with one attached hydrogen (secondary N) is 3. The van der Waals surface area contributed by atoms with Crippen LogP contribution < -0.4 is 21.7 Å². The summed E-state index contributed by atoms with van der Waals surface area (Å²) in [6, 6.07) is 30.1. The molecule has 1 aliphatic rings. The summed E-state index contributed by atoms with van der Waals surface area (Å²) in [5.74, 6) is 0.286. The fourth-order valence-electron chi connectivity index (χ4n) is 10.9. The zero-order chi connectivity index (χ0) is 75.1. The van der Waals surface area contributed by atoms with Gasteiger partial charge < -0.3 is 36.6 Å². The van der Waals surface area contributed by atoms with E-state index >= 15 is 0 Å². The van der Waals surface area contributed by atoms with Crippen molar-refractivity contribution in [1.29, 1.82) is 0 Å². The number of piperidine rings is 1. The molecule has 1 aliphatic heterocycles. The average Bonchev–Trinajstić information content (AvgIpc) is 1.70. The molecule has 0 aliphatic carbocycles. The Morgan fingerprint density at radius 1 is 0.543 bits per heavy atom. The molecule has 0 atom stereocenters. The molecule has 7 aromatic heterocycles. The molecule has 4 aromatic carbocycles. The molecule has 8 heterocycles. The van der Waals surface area contributed by atoms with Gasteiger partial charge in [-0.25, -0.2) is 69.4 Å². The molecule has 0 spiro atoms. The minimum absolute atomic E-state index is 0.0515. The van der Waals surface area contributed by atoms with Gasteiger partial charge in [-0.15, -0.1) is 92.4 Å². The van der Waals surface area contributed by atoms with Crippen molar-refractivity contribution in [2.45, 2.75) is 112 Å². The fourth-order valence-corrected chi connectivity index (χ4v) is 17.5. The Hall–Kier alpha value is -8.82. The topological polar surface area (TPSA) is 303 Å². The van der Waals surface area contributed by atoms with Crippen molar-refractivity contribution in [3.8, 4) is 32.1 Å². The Bertz CT molecular complexity index is 4790. The van der Waals surface area contributed by atoms with E-state index in [1.807, 2.05) is 109 Å². The van der Waals surface area contributed by atoms with E-state index in [2.05, 4.69) is 127 Å². The zero-order valence-corrected chi connectivity index (χ0v) is 67.1. The predicted molar refractivity (Wildman–Crippen MR) is 439 cm³/mol. The van der Waals surface area contributed by atoms with E-state index in [4.69, 9.17) is 20.4 Å². The first-order chi connectivity index (χ1) is 50.6. The molecule has 0 bridgehead atoms. The maximum atomic E-state index is 12.1. The van der Waals surface area contributed by atoms with Crippen molar-refractivity contribution in [3.63, 3.8) is 0 Å². The largest absolute Gasteiger partial charge is 0.476 e. The molecule has 105 heavy (non-hydrogen) atoms. The number of carbonyl (C=O) groups excluding carboxylic acids is 1. The highest BCUT2D eigenvalue weighted by Crippen LogP contribution is 2.38. The summed E-state index contributed by atoms with van der Waals surface area (Å²) in [6.45, 7) is 21.7. The number of likely N-dealkylation sites (tertiary alicyclic amines) is 1. The number of rotatable bonds is 22. The number of thiazole rings is 4. The third-order valence-electron chi connectivity index (χ3n) is 15.0. The lowest BCUT2D eigenvalue weighted by Crippen LogP contribution is -2.29. The average molecular weight is 1560 g/mol. The third-order valence-corrected chi connectivity index (χ3v) is 23.8. The van der Waals surface area contributed by atoms with Crippen molar-refractivity contribution in [3.05, 3.63) is 188 Å². The molecule has 7 N–H and O–H groups in total. The Morgan fingerprint density at radius 2 is 0.952 bits per heavy atom. The molecule has 0 saturated carbocycles. The van der Waals surface area contributed by atoms with E-state index in [0.717, 1.165) is 86.8 Å². The number of carboxylic acid groups (broad SMARTS) is 1. The van der Waals surface area contributed by atoms with E-state index in [0.29, 0.717) is 61.5 Å². The molecule has 0 radical (unpaired) electrons. The molecule has 12 rings (SSSR count). The maximum Gasteiger partial charge on any atom is 0.359 e. The number of guanidine groups is 1. The van der Waals surface area contributed by atoms with Gasteiger partial charge in [0.05, 0.1) is 47.1 Å². The van der Waals surface area contributed by atoms with Gasteiger partial charge in [0.15, 0.2) is 11.4 Å². The van der Waals surface area contributed by atoms with E-state index in [1.165, 1.54) is 111 Å². The summed E-state index contributed by atoms with van der Waals surface area (Å²) in [5, 5.41) is 31.2. The van der Waals surface area contributed by atoms with Gasteiger partial charge in [0, 0.05) is 48.4 Å². The maximum absolute atomic E-state index is 12.1. The van der Waals surface area contributed by atoms with Crippen LogP contribution in [0.5, 0.6) is 0 Å². The molecule has 1 fully saturated rings. The summed E-state index contributed by atoms with van der Waals surface area (Å²) < 4.78 is 8.86. The summed E-state index contributed by atoms with van der Waals surface area (Å²) in [6.07, 6.45) is 22.1. The molecule has 11 aromatic rings. The number of benzene rings is 4. The first-order valence-electron chi connectivity index (χ1n) is 33.2. The highest BCUT2D eigenvalue weighted by Gasteiger charge is 2.23. The van der Waals surface area contributed by atoms with E-state index in [9.17, 15) is 19.8 Å². The Kier molecular flexibility index (Phi) is 30.2. The first kappa shape index (κ1) is 80.3. The monoisotopic (exact) mass is 1560 g/mol. The number of nitrogens with zero attached hydrogens (tertiary/aromatic N) is 13. The number of aliphatic hydroxyl groups excluding tert-OH is 1. The van der Waals surface area contributed by atoms with Gasteiger partial charge >= 0.3 is 11.9 Å². The van der Waals surface area contributed by atoms with E-state index in [-0.39, 0.29) is 18.3 Å². The van der Waals surface area contributed by atoms with Crippen LogP contribution in [-0.4, -0.2) is 134 Å². The number of aliphatic hydroxyl groups is 1. The van der Waals surface area contributed by atoms with Gasteiger partial charge in [0.2, 0.25) is 23.8 Å². The summed E-state index contributed by atoms with van der Waals surface area (Å²) in [5.41, 5.74) is 23.2. The van der Waals surface area contributed by atoms with Gasteiger partial charge in [0.1, 0.15) is 37.1 Å². The fraction of sp³-hybridized carbons (Fsp3) is 0.280. The van der Waals surface area contributed by atoms with Crippen LogP contribution in [0, 0.1) is 55.4 Å². The van der Waals surface area contributed by atoms with Gasteiger partial charge in [-0.3, -0.25) is 4.90 Å². The van der Waals surface area contributed by atoms with E-state index in [1.54, 1.807) is 84.8 Å². The van der Waals surface area contributed by atoms with Crippen molar-refractivity contribution in [2.24, 2.45) is 15.7 Å². The summed E-state index contributed by atoms with van der Waals surface area (Å²) in [7, 11) is 0. The first-order valence-corrected chi connectivity index (χ1v) is 41.3. The van der Waals surface area contributed by atoms with E-state index < -0.39 is 11.9 Å². The number of carbonyl (C=O) groups is 2. The van der Waals surface area contributed by atoms with Crippen LogP contribution in [0.25, 0.3) is 38.2 Å². The number of aliphatic imine (C=N–C) groups is 2. The molecular formula is C75H83N17O5S8. The number of ether oxygens (including phenoxy) is 1. The molecule has 0 unspecified atom stereocenters. The zero-order valence-electron chi connectivity index (χ0n) is 60.6. The Morgan fingerprint density at radius 3 is 1.36 bits per heavy atom. The lowest BCUT2D eigenvalue weighted by Gasteiger charge is -2.25. The van der Waals surface area contributed by atoms with Crippen LogP contribution in [0.2, 0.25) is 0 Å². The number of aryl methyl sites for hydroxylation is 8. The lowest BCUT2D eigenvalue weighted by atomic mass is 10.1. The van der Waals surface area contributed by atoms with Gasteiger partial charge in [0.25, 0.3) is 0 Å². The standard InChI is InChI=1S/C22H27N5S2.C19H20N4O2S2.C17H16N4O2S2.C17H20N4OS2/c1-15-11-16(2)13-17(12-15)24-22-23-8-7-18(26-22)20-25-19(21(28-3)29-20)14-27-9-5-4-6-10-27;1-5-25-17(24)15-18(26-4)27-16(23-15)14-6-7-20-19(22-14)21-13-9-11(2)8-12(3)10-13;1-9-6-10(2)8-11(7-9)19-17-18-5-4-12(20-17)14-21-13(15(22)23)16(24-3)25-14;1-11-7-12(2)9-13(8-11)20-17(18)19-6-4-5-15-21-14(10-22)16(23-3)24-15/h7-8,11-13H,4-6,9-10,14H2,1-3H3,(H,23,24,26);6-10H,5H2,1-4H3,(H,20,21,22);4-8H,1-3H3,(H,22,23)(H,18,19,20);4-9,22H,10H2,1-3H3,(H2,18,20)/b;;;5-4+,19-6?. The number of hydrogen-bond acceptors (Lipinski definition) is 27. The van der Waals surface area contributed by atoms with Gasteiger partial charge in [-0.05, 0) is 237 Å². The van der Waals surface area contributed by atoms with Gasteiger partial charge in [-0.1, -0.05) is 30.7 Å². The Balaban J connectivity index is 0.000000163. The summed E-state index contributed by atoms with van der Waals surface area (Å²) in [4.78, 5) is 78.9. The number of allylic oxidation sites excluding steroid dienone is 1. The number of nitrogens with two attached hydrogens (primary N) is 1. The van der Waals surface area contributed by atoms with Crippen LogP contribution in [0.15, 0.2) is 142 Å². The highest BCUT2D eigenvalue weighted by atomic mass is 32.2. The number of carboxylic acids is 1. The van der Waals surface area contributed by atoms with Crippen LogP contribution in [-0.2, 0) is 17.9 Å². The van der Waals surface area contributed by atoms with Crippen molar-refractivity contribution in [1.82, 2.24) is 54.7 Å². The molecule has 22 nitrogen and oxygen atoms in total. The second kappa shape index (κ2) is 39.5. The molecule has 546 valence electrons. The number of anilines is 6. The number of hydrogen-bond donors (Lipinski definition) is 6. The van der Waals surface area contributed by atoms with Crippen molar-refractivity contribution < 1.29 is 24.5 Å². The third kappa shape index (κ3) is 24.1. The minimum Gasteiger partial charge on any atom is -0.476 e. The van der Waals surface area contributed by atoms with Crippen molar-refractivity contribution >= 4 is 163 Å². The number of aromatic nitrogens is 10. The second-order valence-electron chi connectivity index (χ2n) is 23.9. The molecule has 30 heteroatoms. The molecular weight excluding hydrogens is 1480 g/mol. The SMILES string of the molecule is CCOC(=O)c1nc(-c2ccnc(Nc3cc(C)cc(C)c3)n2)sc1SC.CSc1sc(-c2ccnc(Nc3cc(C)cc(C)c3)n2)nc1C(=O)O.CSc1sc(-c2ccnc(Nc3cc(C)cc(C)c3)n2)nc1CN1CCCCC1.CSc1sc(/C=C/C=NC(N)=Nc2cc(C)cc(C)c2)nc1CO.